The molecule has 0 atom stereocenters. The maximum absolute atomic E-state index is 11.0. The van der Waals surface area contributed by atoms with Crippen molar-refractivity contribution in [3.8, 4) is 0 Å². The first-order chi connectivity index (χ1) is 8.69. The topological polar surface area (TPSA) is 114 Å². The lowest BCUT2D eigenvalue weighted by Gasteiger charge is -2.02. The zero-order valence-corrected chi connectivity index (χ0v) is 9.66. The van der Waals surface area contributed by atoms with E-state index < -0.39 is 11.7 Å². The van der Waals surface area contributed by atoms with E-state index in [2.05, 4.69) is 20.4 Å². The second kappa shape index (κ2) is 6.94. The summed E-state index contributed by atoms with van der Waals surface area (Å²) >= 11 is 0. The van der Waals surface area contributed by atoms with Crippen LogP contribution >= 0.6 is 0 Å². The lowest BCUT2D eigenvalue weighted by atomic mass is 10.3. The fourth-order valence-electron chi connectivity index (χ4n) is 0.991. The van der Waals surface area contributed by atoms with Crippen molar-refractivity contribution in [2.24, 2.45) is 5.16 Å². The number of hydrogen-bond donors (Lipinski definition) is 2. The van der Waals surface area contributed by atoms with Crippen LogP contribution < -0.4 is 5.32 Å². The Morgan fingerprint density at radius 1 is 1.67 bits per heavy atom. The third-order valence-electron chi connectivity index (χ3n) is 1.73. The van der Waals surface area contributed by atoms with Crippen molar-refractivity contribution in [3.05, 3.63) is 18.1 Å². The summed E-state index contributed by atoms with van der Waals surface area (Å²) < 4.78 is 0. The Hall–Kier alpha value is -2.51. The molecular weight excluding hydrogens is 240 g/mol. The molecule has 2 N–H and O–H groups in total. The summed E-state index contributed by atoms with van der Waals surface area (Å²) in [4.78, 5) is 33.6. The summed E-state index contributed by atoms with van der Waals surface area (Å²) in [7, 11) is 0. The molecular formula is C10H12N4O4. The largest absolute Gasteiger partial charge is 0.476 e. The van der Waals surface area contributed by atoms with E-state index in [0.29, 0.717) is 19.4 Å². The molecule has 8 nitrogen and oxygen atoms in total. The van der Waals surface area contributed by atoms with Gasteiger partial charge in [-0.1, -0.05) is 12.1 Å². The Morgan fingerprint density at radius 2 is 2.44 bits per heavy atom. The van der Waals surface area contributed by atoms with Crippen molar-refractivity contribution in [2.45, 2.75) is 13.3 Å². The van der Waals surface area contributed by atoms with Crippen LogP contribution in [0.5, 0.6) is 0 Å². The number of aromatic nitrogens is 2. The number of carboxylic acids is 1. The molecule has 0 aliphatic heterocycles. The number of carbonyl (C=O) groups excluding carboxylic acids is 1. The molecule has 1 heterocycles. The number of amides is 1. The minimum atomic E-state index is -1.31. The fourth-order valence-corrected chi connectivity index (χ4v) is 0.991. The average molecular weight is 252 g/mol. The predicted octanol–water partition coefficient (Wildman–Crippen LogP) is 0.260. The Kier molecular flexibility index (Phi) is 5.23. The maximum atomic E-state index is 11.0. The molecule has 0 aromatic carbocycles. The van der Waals surface area contributed by atoms with Crippen LogP contribution in [0, 0.1) is 0 Å². The van der Waals surface area contributed by atoms with E-state index >= 15 is 0 Å². The molecule has 0 saturated heterocycles. The van der Waals surface area contributed by atoms with Gasteiger partial charge in [-0.15, -0.1) is 0 Å². The number of anilines is 1. The van der Waals surface area contributed by atoms with Crippen LogP contribution in [0.3, 0.4) is 0 Å². The summed E-state index contributed by atoms with van der Waals surface area (Å²) in [5.74, 6) is -1.26. The maximum Gasteiger partial charge on any atom is 0.361 e. The molecule has 96 valence electrons. The third kappa shape index (κ3) is 3.81. The minimum absolute atomic E-state index is 0.134. The molecule has 18 heavy (non-hydrogen) atoms. The molecule has 0 aliphatic carbocycles. The van der Waals surface area contributed by atoms with E-state index in [4.69, 9.17) is 9.94 Å². The fraction of sp³-hybridized carbons (Fsp3) is 0.300. The van der Waals surface area contributed by atoms with Gasteiger partial charge in [0.25, 0.3) is 0 Å². The lowest BCUT2D eigenvalue weighted by molar-refractivity contribution is -0.129. The highest BCUT2D eigenvalue weighted by Crippen LogP contribution is 2.03. The van der Waals surface area contributed by atoms with Crippen LogP contribution in [0.15, 0.2) is 17.4 Å². The summed E-state index contributed by atoms with van der Waals surface area (Å²) in [6, 6.07) is 1.42. The van der Waals surface area contributed by atoms with Crippen molar-refractivity contribution < 1.29 is 19.5 Å². The number of aliphatic carboxylic acids is 1. The highest BCUT2D eigenvalue weighted by Gasteiger charge is 2.17. The predicted molar refractivity (Wildman–Crippen MR) is 62.1 cm³/mol. The van der Waals surface area contributed by atoms with Gasteiger partial charge in [0.2, 0.25) is 12.1 Å². The summed E-state index contributed by atoms with van der Waals surface area (Å²) in [6.45, 7) is 2.16. The van der Waals surface area contributed by atoms with E-state index in [1.807, 2.05) is 6.92 Å². The summed E-state index contributed by atoms with van der Waals surface area (Å²) in [5, 5.41) is 14.7. The normalized spacial score (nSPS) is 10.8. The van der Waals surface area contributed by atoms with Gasteiger partial charge in [-0.05, 0) is 12.5 Å². The SMILES string of the molecule is CCCON=C(C(=O)O)c1nccc(NC=O)n1. The molecule has 1 amide bonds. The molecule has 1 aromatic rings. The van der Waals surface area contributed by atoms with Crippen molar-refractivity contribution in [1.29, 1.82) is 0 Å². The van der Waals surface area contributed by atoms with Crippen LogP contribution in [0.25, 0.3) is 0 Å². The van der Waals surface area contributed by atoms with Gasteiger partial charge in [-0.25, -0.2) is 14.8 Å². The molecule has 1 rings (SSSR count). The molecule has 0 bridgehead atoms. The Morgan fingerprint density at radius 3 is 3.06 bits per heavy atom. The van der Waals surface area contributed by atoms with Crippen molar-refractivity contribution in [2.75, 3.05) is 11.9 Å². The second-order valence-corrected chi connectivity index (χ2v) is 3.11. The highest BCUT2D eigenvalue weighted by atomic mass is 16.6. The molecule has 0 unspecified atom stereocenters. The van der Waals surface area contributed by atoms with Crippen molar-refractivity contribution in [3.63, 3.8) is 0 Å². The van der Waals surface area contributed by atoms with Crippen molar-refractivity contribution in [1.82, 2.24) is 9.97 Å². The number of nitrogens with zero attached hydrogens (tertiary/aromatic N) is 3. The van der Waals surface area contributed by atoms with E-state index in [-0.39, 0.29) is 11.6 Å². The van der Waals surface area contributed by atoms with E-state index in [0.717, 1.165) is 0 Å². The Bertz CT molecular complexity index is 461. The lowest BCUT2D eigenvalue weighted by Crippen LogP contribution is -2.19. The molecule has 0 radical (unpaired) electrons. The highest BCUT2D eigenvalue weighted by molar-refractivity contribution is 6.41. The van der Waals surface area contributed by atoms with Gasteiger partial charge in [0.15, 0.2) is 5.82 Å². The average Bonchev–Trinajstić information content (AvgIpc) is 2.35. The van der Waals surface area contributed by atoms with E-state index in [9.17, 15) is 9.59 Å². The van der Waals surface area contributed by atoms with Gasteiger partial charge in [0, 0.05) is 6.20 Å². The zero-order chi connectivity index (χ0) is 13.4. The molecule has 0 spiro atoms. The molecule has 0 aliphatic rings. The monoisotopic (exact) mass is 252 g/mol. The molecule has 8 heteroatoms. The van der Waals surface area contributed by atoms with Crippen LogP contribution in [-0.4, -0.2) is 39.8 Å². The number of rotatable bonds is 7. The van der Waals surface area contributed by atoms with Gasteiger partial charge in [-0.2, -0.15) is 0 Å². The number of carbonyl (C=O) groups is 2. The summed E-state index contributed by atoms with van der Waals surface area (Å²) in [5.41, 5.74) is -0.419. The van der Waals surface area contributed by atoms with Crippen LogP contribution in [0.4, 0.5) is 5.82 Å². The van der Waals surface area contributed by atoms with Gasteiger partial charge in [0.05, 0.1) is 0 Å². The quantitative estimate of drug-likeness (QED) is 0.311. The standard InChI is InChI=1S/C10H12N4O4/c1-2-5-18-14-8(10(16)17)9-11-4-3-7(13-9)12-6-15/h3-4,6H,2,5H2,1H3,(H,16,17)(H,11,12,13,15). The molecule has 0 saturated carbocycles. The number of nitrogens with one attached hydrogen (secondary N) is 1. The van der Waals surface area contributed by atoms with Gasteiger partial charge < -0.3 is 15.3 Å². The first-order valence-corrected chi connectivity index (χ1v) is 5.16. The van der Waals surface area contributed by atoms with Gasteiger partial charge >= 0.3 is 5.97 Å². The Labute approximate surface area is 103 Å². The van der Waals surface area contributed by atoms with Crippen molar-refractivity contribution >= 4 is 23.9 Å². The smallest absolute Gasteiger partial charge is 0.361 e. The molecule has 1 aromatic heterocycles. The molecule has 0 fully saturated rings. The third-order valence-corrected chi connectivity index (χ3v) is 1.73. The number of carboxylic acid groups (broad SMARTS) is 1. The second-order valence-electron chi connectivity index (χ2n) is 3.11. The van der Waals surface area contributed by atoms with Gasteiger partial charge in [0.1, 0.15) is 12.4 Å². The van der Waals surface area contributed by atoms with Gasteiger partial charge in [-0.3, -0.25) is 4.79 Å². The van der Waals surface area contributed by atoms with E-state index in [1.54, 1.807) is 0 Å². The van der Waals surface area contributed by atoms with Crippen LogP contribution in [0.1, 0.15) is 19.2 Å². The number of hydrogen-bond acceptors (Lipinski definition) is 6. The van der Waals surface area contributed by atoms with Crippen LogP contribution in [-0.2, 0) is 14.4 Å². The van der Waals surface area contributed by atoms with E-state index in [1.165, 1.54) is 12.3 Å². The summed E-state index contributed by atoms with van der Waals surface area (Å²) in [6.07, 6.45) is 2.44. The number of oxime groups is 1. The minimum Gasteiger partial charge on any atom is -0.476 e. The Balaban J connectivity index is 2.98. The first kappa shape index (κ1) is 13.6. The zero-order valence-electron chi connectivity index (χ0n) is 9.66. The first-order valence-electron chi connectivity index (χ1n) is 5.16. The van der Waals surface area contributed by atoms with Crippen LogP contribution in [0.2, 0.25) is 0 Å².